The quantitative estimate of drug-likeness (QED) is 0.550. The third-order valence-corrected chi connectivity index (χ3v) is 5.89. The zero-order valence-corrected chi connectivity index (χ0v) is 14.9. The minimum Gasteiger partial charge on any atom is -0.377 e. The standard InChI is InChI=1S/C19H16Cl3N/c1-10-7-12(20)9-15-13-3-2-4-14(13)19(23-18(10)15)11-5-6-16(21)17(22)8-11/h2-3,5-9,13-14,19,23H,4H2,1H3/t13-,14-,19+/m0/s1. The third kappa shape index (κ3) is 2.55. The number of anilines is 1. The van der Waals surface area contributed by atoms with Gasteiger partial charge in [-0.2, -0.15) is 0 Å². The lowest BCUT2D eigenvalue weighted by molar-refractivity contribution is 0.425. The van der Waals surface area contributed by atoms with Crippen molar-refractivity contribution in [3.63, 3.8) is 0 Å². The van der Waals surface area contributed by atoms with Crippen LogP contribution in [0, 0.1) is 12.8 Å². The highest BCUT2D eigenvalue weighted by atomic mass is 35.5. The molecule has 0 spiro atoms. The van der Waals surface area contributed by atoms with E-state index in [1.807, 2.05) is 18.2 Å². The Hall–Kier alpha value is -1.15. The summed E-state index contributed by atoms with van der Waals surface area (Å²) in [6.45, 7) is 2.10. The predicted octanol–water partition coefficient (Wildman–Crippen LogP) is 6.78. The molecule has 23 heavy (non-hydrogen) atoms. The second-order valence-electron chi connectivity index (χ2n) is 6.34. The number of benzene rings is 2. The topological polar surface area (TPSA) is 12.0 Å². The van der Waals surface area contributed by atoms with Crippen LogP contribution in [0.4, 0.5) is 5.69 Å². The first-order chi connectivity index (χ1) is 11.0. The molecule has 3 atom stereocenters. The summed E-state index contributed by atoms with van der Waals surface area (Å²) in [5.41, 5.74) is 4.85. The zero-order valence-electron chi connectivity index (χ0n) is 12.6. The molecule has 0 saturated heterocycles. The van der Waals surface area contributed by atoms with Crippen molar-refractivity contribution < 1.29 is 0 Å². The summed E-state index contributed by atoms with van der Waals surface area (Å²) in [7, 11) is 0. The molecule has 1 aliphatic carbocycles. The molecule has 1 nitrogen and oxygen atoms in total. The first kappa shape index (κ1) is 15.4. The largest absolute Gasteiger partial charge is 0.377 e. The molecule has 0 unspecified atom stereocenters. The molecule has 2 aliphatic rings. The van der Waals surface area contributed by atoms with E-state index < -0.39 is 0 Å². The summed E-state index contributed by atoms with van der Waals surface area (Å²) in [5.74, 6) is 0.862. The summed E-state index contributed by atoms with van der Waals surface area (Å²) in [4.78, 5) is 0. The number of rotatable bonds is 1. The van der Waals surface area contributed by atoms with E-state index in [1.54, 1.807) is 0 Å². The van der Waals surface area contributed by atoms with Crippen LogP contribution in [0.2, 0.25) is 15.1 Å². The molecule has 1 N–H and O–H groups in total. The highest BCUT2D eigenvalue weighted by Crippen LogP contribution is 2.51. The number of hydrogen-bond acceptors (Lipinski definition) is 1. The lowest BCUT2D eigenvalue weighted by atomic mass is 9.76. The summed E-state index contributed by atoms with van der Waals surface area (Å²) in [5, 5.41) is 5.72. The molecule has 2 aromatic rings. The monoisotopic (exact) mass is 363 g/mol. The molecule has 0 amide bonds. The Morgan fingerprint density at radius 3 is 2.65 bits per heavy atom. The second-order valence-corrected chi connectivity index (χ2v) is 7.59. The van der Waals surface area contributed by atoms with Crippen LogP contribution < -0.4 is 5.32 Å². The fraction of sp³-hybridized carbons (Fsp3) is 0.263. The van der Waals surface area contributed by atoms with Crippen LogP contribution in [0.5, 0.6) is 0 Å². The van der Waals surface area contributed by atoms with E-state index in [0.29, 0.717) is 21.9 Å². The van der Waals surface area contributed by atoms with E-state index in [1.165, 1.54) is 22.4 Å². The van der Waals surface area contributed by atoms with Crippen molar-refractivity contribution in [2.45, 2.75) is 25.3 Å². The van der Waals surface area contributed by atoms with Gasteiger partial charge in [0.25, 0.3) is 0 Å². The molecule has 1 heterocycles. The van der Waals surface area contributed by atoms with Crippen LogP contribution >= 0.6 is 34.8 Å². The van der Waals surface area contributed by atoms with Crippen LogP contribution in [-0.4, -0.2) is 0 Å². The normalized spacial score (nSPS) is 25.0. The molecule has 4 heteroatoms. The fourth-order valence-corrected chi connectivity index (χ4v) is 4.47. The third-order valence-electron chi connectivity index (χ3n) is 4.93. The van der Waals surface area contributed by atoms with Crippen LogP contribution in [0.1, 0.15) is 35.1 Å². The van der Waals surface area contributed by atoms with E-state index in [-0.39, 0.29) is 6.04 Å². The molecule has 0 fully saturated rings. The minimum absolute atomic E-state index is 0.220. The van der Waals surface area contributed by atoms with Crippen molar-refractivity contribution >= 4 is 40.5 Å². The summed E-state index contributed by atoms with van der Waals surface area (Å²) >= 11 is 18.6. The van der Waals surface area contributed by atoms with Gasteiger partial charge < -0.3 is 5.32 Å². The number of fused-ring (bicyclic) bond motifs is 3. The maximum absolute atomic E-state index is 6.28. The highest BCUT2D eigenvalue weighted by molar-refractivity contribution is 6.42. The van der Waals surface area contributed by atoms with Crippen molar-refractivity contribution in [1.29, 1.82) is 0 Å². The molecular formula is C19H16Cl3N. The van der Waals surface area contributed by atoms with Crippen molar-refractivity contribution in [2.75, 3.05) is 5.32 Å². The smallest absolute Gasteiger partial charge is 0.0595 e. The fourth-order valence-electron chi connectivity index (χ4n) is 3.88. The van der Waals surface area contributed by atoms with Crippen LogP contribution in [0.15, 0.2) is 42.5 Å². The van der Waals surface area contributed by atoms with Gasteiger partial charge in [0.15, 0.2) is 0 Å². The Kier molecular flexibility index (Phi) is 3.84. The van der Waals surface area contributed by atoms with Gasteiger partial charge in [0.05, 0.1) is 16.1 Å². The molecule has 118 valence electrons. The Balaban J connectivity index is 1.82. The average molecular weight is 365 g/mol. The maximum atomic E-state index is 6.28. The molecule has 4 rings (SSSR count). The maximum Gasteiger partial charge on any atom is 0.0595 e. The first-order valence-electron chi connectivity index (χ1n) is 7.73. The molecule has 1 aliphatic heterocycles. The Labute approximate surface area is 151 Å². The van der Waals surface area contributed by atoms with Gasteiger partial charge >= 0.3 is 0 Å². The predicted molar refractivity (Wildman–Crippen MR) is 99.0 cm³/mol. The lowest BCUT2D eigenvalue weighted by Crippen LogP contribution is -2.29. The van der Waals surface area contributed by atoms with Crippen molar-refractivity contribution in [3.05, 3.63) is 74.2 Å². The molecule has 0 saturated carbocycles. The first-order valence-corrected chi connectivity index (χ1v) is 8.86. The van der Waals surface area contributed by atoms with Crippen molar-refractivity contribution in [2.24, 2.45) is 5.92 Å². The van der Waals surface area contributed by atoms with Crippen molar-refractivity contribution in [3.8, 4) is 0 Å². The van der Waals surface area contributed by atoms with Crippen LogP contribution in [0.25, 0.3) is 0 Å². The van der Waals surface area contributed by atoms with E-state index in [9.17, 15) is 0 Å². The summed E-state index contributed by atoms with van der Waals surface area (Å²) in [6, 6.07) is 10.2. The van der Waals surface area contributed by atoms with Gasteiger partial charge in [-0.25, -0.2) is 0 Å². The highest BCUT2D eigenvalue weighted by Gasteiger charge is 2.38. The Morgan fingerprint density at radius 1 is 1.04 bits per heavy atom. The lowest BCUT2D eigenvalue weighted by Gasteiger charge is -2.38. The average Bonchev–Trinajstić information content (AvgIpc) is 2.99. The minimum atomic E-state index is 0.220. The number of allylic oxidation sites excluding steroid dienone is 2. The number of aryl methyl sites for hydroxylation is 1. The van der Waals surface area contributed by atoms with E-state index >= 15 is 0 Å². The van der Waals surface area contributed by atoms with Gasteiger partial charge in [-0.1, -0.05) is 53.0 Å². The molecule has 0 radical (unpaired) electrons. The van der Waals surface area contributed by atoms with Gasteiger partial charge in [-0.05, 0) is 60.2 Å². The van der Waals surface area contributed by atoms with Gasteiger partial charge in [-0.3, -0.25) is 0 Å². The Morgan fingerprint density at radius 2 is 1.87 bits per heavy atom. The second kappa shape index (κ2) is 5.73. The van der Waals surface area contributed by atoms with Crippen LogP contribution in [-0.2, 0) is 0 Å². The van der Waals surface area contributed by atoms with Crippen molar-refractivity contribution in [1.82, 2.24) is 0 Å². The van der Waals surface area contributed by atoms with Gasteiger partial charge in [0, 0.05) is 16.6 Å². The van der Waals surface area contributed by atoms with Gasteiger partial charge in [0.1, 0.15) is 0 Å². The van der Waals surface area contributed by atoms with Crippen LogP contribution in [0.3, 0.4) is 0 Å². The van der Waals surface area contributed by atoms with Gasteiger partial charge in [0.2, 0.25) is 0 Å². The van der Waals surface area contributed by atoms with Gasteiger partial charge in [-0.15, -0.1) is 0 Å². The summed E-state index contributed by atoms with van der Waals surface area (Å²) < 4.78 is 0. The molecule has 0 bridgehead atoms. The number of nitrogens with one attached hydrogen (secondary N) is 1. The van der Waals surface area contributed by atoms with E-state index in [0.717, 1.165) is 11.4 Å². The molecular weight excluding hydrogens is 349 g/mol. The SMILES string of the molecule is Cc1cc(Cl)cc2c1N[C@H](c1ccc(Cl)c(Cl)c1)[C@H]1CC=C[C@H]21. The molecule has 0 aromatic heterocycles. The molecule has 2 aromatic carbocycles. The van der Waals surface area contributed by atoms with E-state index in [4.69, 9.17) is 34.8 Å². The summed E-state index contributed by atoms with van der Waals surface area (Å²) in [6.07, 6.45) is 5.63. The number of halogens is 3. The van der Waals surface area contributed by atoms with E-state index in [2.05, 4.69) is 36.5 Å². The Bertz CT molecular complexity index is 813. The number of hydrogen-bond donors (Lipinski definition) is 1. The zero-order chi connectivity index (χ0) is 16.1.